The third-order valence-corrected chi connectivity index (χ3v) is 4.00. The van der Waals surface area contributed by atoms with E-state index in [4.69, 9.17) is 4.74 Å². The van der Waals surface area contributed by atoms with Crippen LogP contribution < -0.4 is 10.1 Å². The second-order valence-electron chi connectivity index (χ2n) is 4.08. The summed E-state index contributed by atoms with van der Waals surface area (Å²) in [5.41, 5.74) is 1.91. The summed E-state index contributed by atoms with van der Waals surface area (Å²) in [7, 11) is 1.65. The Morgan fingerprint density at radius 1 is 1.32 bits per heavy atom. The van der Waals surface area contributed by atoms with E-state index < -0.39 is 0 Å². The number of imidazole rings is 1. The van der Waals surface area contributed by atoms with Gasteiger partial charge in [0.1, 0.15) is 5.75 Å². The van der Waals surface area contributed by atoms with Crippen molar-refractivity contribution < 1.29 is 4.74 Å². The SMILES string of the molecule is CCn1cc(C)nc1Nc1cc(OC)c(Br)cc1Br. The van der Waals surface area contributed by atoms with Crippen LogP contribution >= 0.6 is 31.9 Å². The molecule has 1 N–H and O–H groups in total. The Bertz CT molecular complexity index is 596. The van der Waals surface area contributed by atoms with Crippen molar-refractivity contribution in [3.8, 4) is 5.75 Å². The molecule has 102 valence electrons. The molecule has 6 heteroatoms. The van der Waals surface area contributed by atoms with Gasteiger partial charge in [-0.25, -0.2) is 4.98 Å². The Hall–Kier alpha value is -1.01. The Morgan fingerprint density at radius 2 is 2.05 bits per heavy atom. The maximum Gasteiger partial charge on any atom is 0.207 e. The van der Waals surface area contributed by atoms with Crippen molar-refractivity contribution in [3.05, 3.63) is 33.0 Å². The zero-order valence-electron chi connectivity index (χ0n) is 11.0. The molecule has 1 heterocycles. The quantitative estimate of drug-likeness (QED) is 0.838. The van der Waals surface area contributed by atoms with E-state index in [2.05, 4.69) is 53.7 Å². The third kappa shape index (κ3) is 3.12. The minimum atomic E-state index is 0.775. The smallest absolute Gasteiger partial charge is 0.207 e. The number of hydrogen-bond donors (Lipinski definition) is 1. The fourth-order valence-corrected chi connectivity index (χ4v) is 3.04. The van der Waals surface area contributed by atoms with Crippen LogP contribution in [0.4, 0.5) is 11.6 Å². The first-order chi connectivity index (χ1) is 9.05. The predicted molar refractivity (Wildman–Crippen MR) is 84.3 cm³/mol. The number of nitrogens with one attached hydrogen (secondary N) is 1. The highest BCUT2D eigenvalue weighted by molar-refractivity contribution is 9.11. The van der Waals surface area contributed by atoms with Crippen LogP contribution in [0.1, 0.15) is 12.6 Å². The standard InChI is InChI=1S/C13H15Br2N3O/c1-4-18-7-8(2)16-13(18)17-11-6-12(19-3)10(15)5-9(11)14/h5-7H,4H2,1-3H3,(H,16,17). The summed E-state index contributed by atoms with van der Waals surface area (Å²) in [5.74, 6) is 1.60. The molecule has 0 fully saturated rings. The molecule has 0 aliphatic rings. The van der Waals surface area contributed by atoms with Gasteiger partial charge in [0.15, 0.2) is 0 Å². The van der Waals surface area contributed by atoms with Crippen LogP contribution in [0.2, 0.25) is 0 Å². The minimum Gasteiger partial charge on any atom is -0.495 e. The molecule has 0 atom stereocenters. The average molecular weight is 389 g/mol. The number of benzene rings is 1. The number of hydrogen-bond acceptors (Lipinski definition) is 3. The van der Waals surface area contributed by atoms with Gasteiger partial charge in [0.2, 0.25) is 5.95 Å². The van der Waals surface area contributed by atoms with Gasteiger partial charge in [0.25, 0.3) is 0 Å². The maximum atomic E-state index is 5.31. The van der Waals surface area contributed by atoms with Gasteiger partial charge in [-0.2, -0.15) is 0 Å². The summed E-state index contributed by atoms with van der Waals surface area (Å²) in [6.45, 7) is 4.94. The molecule has 0 spiro atoms. The van der Waals surface area contributed by atoms with Gasteiger partial charge < -0.3 is 14.6 Å². The fraction of sp³-hybridized carbons (Fsp3) is 0.308. The van der Waals surface area contributed by atoms with E-state index in [9.17, 15) is 0 Å². The van der Waals surface area contributed by atoms with Crippen LogP contribution in [0.15, 0.2) is 27.3 Å². The molecule has 0 unspecified atom stereocenters. The molecule has 0 saturated heterocycles. The third-order valence-electron chi connectivity index (χ3n) is 2.73. The molecule has 19 heavy (non-hydrogen) atoms. The number of rotatable bonds is 4. The maximum absolute atomic E-state index is 5.31. The van der Waals surface area contributed by atoms with E-state index in [1.54, 1.807) is 7.11 Å². The van der Waals surface area contributed by atoms with Crippen molar-refractivity contribution in [2.75, 3.05) is 12.4 Å². The number of anilines is 2. The van der Waals surface area contributed by atoms with Crippen molar-refractivity contribution in [2.45, 2.75) is 20.4 Å². The zero-order valence-corrected chi connectivity index (χ0v) is 14.2. The van der Waals surface area contributed by atoms with E-state index >= 15 is 0 Å². The lowest BCUT2D eigenvalue weighted by atomic mass is 10.3. The van der Waals surface area contributed by atoms with Crippen LogP contribution in [-0.4, -0.2) is 16.7 Å². The molecule has 1 aromatic carbocycles. The highest BCUT2D eigenvalue weighted by Gasteiger charge is 2.10. The van der Waals surface area contributed by atoms with Gasteiger partial charge in [-0.1, -0.05) is 0 Å². The summed E-state index contributed by atoms with van der Waals surface area (Å²) in [6, 6.07) is 3.88. The summed E-state index contributed by atoms with van der Waals surface area (Å²) in [6.07, 6.45) is 2.02. The first kappa shape index (κ1) is 14.4. The summed E-state index contributed by atoms with van der Waals surface area (Å²) in [5, 5.41) is 3.32. The molecule has 1 aromatic heterocycles. The normalized spacial score (nSPS) is 10.6. The van der Waals surface area contributed by atoms with Crippen LogP contribution in [-0.2, 0) is 6.54 Å². The fourth-order valence-electron chi connectivity index (χ4n) is 1.79. The lowest BCUT2D eigenvalue weighted by Gasteiger charge is -2.12. The molecule has 2 aromatic rings. The largest absolute Gasteiger partial charge is 0.495 e. The van der Waals surface area contributed by atoms with E-state index in [0.29, 0.717) is 0 Å². The zero-order chi connectivity index (χ0) is 14.0. The summed E-state index contributed by atoms with van der Waals surface area (Å²) >= 11 is 6.99. The molecule has 0 bridgehead atoms. The van der Waals surface area contributed by atoms with Gasteiger partial charge in [0, 0.05) is 23.3 Å². The van der Waals surface area contributed by atoms with Crippen molar-refractivity contribution in [2.24, 2.45) is 0 Å². The Balaban J connectivity index is 2.37. The van der Waals surface area contributed by atoms with Crippen LogP contribution in [0.3, 0.4) is 0 Å². The van der Waals surface area contributed by atoms with Crippen molar-refractivity contribution in [1.29, 1.82) is 0 Å². The minimum absolute atomic E-state index is 0.775. The Morgan fingerprint density at radius 3 is 2.68 bits per heavy atom. The van der Waals surface area contributed by atoms with Crippen molar-refractivity contribution in [1.82, 2.24) is 9.55 Å². The molecule has 0 saturated carbocycles. The van der Waals surface area contributed by atoms with Crippen molar-refractivity contribution >= 4 is 43.5 Å². The predicted octanol–water partition coefficient (Wildman–Crippen LogP) is 4.49. The van der Waals surface area contributed by atoms with E-state index in [1.165, 1.54) is 0 Å². The van der Waals surface area contributed by atoms with Gasteiger partial charge in [-0.15, -0.1) is 0 Å². The van der Waals surface area contributed by atoms with E-state index in [0.717, 1.165) is 38.6 Å². The molecule has 4 nitrogen and oxygen atoms in total. The second kappa shape index (κ2) is 5.96. The summed E-state index contributed by atoms with van der Waals surface area (Å²) in [4.78, 5) is 4.47. The molecular weight excluding hydrogens is 374 g/mol. The lowest BCUT2D eigenvalue weighted by molar-refractivity contribution is 0.412. The van der Waals surface area contributed by atoms with Crippen molar-refractivity contribution in [3.63, 3.8) is 0 Å². The topological polar surface area (TPSA) is 39.1 Å². The Kier molecular flexibility index (Phi) is 4.52. The molecule has 2 rings (SSSR count). The van der Waals surface area contributed by atoms with Gasteiger partial charge in [-0.3, -0.25) is 0 Å². The highest BCUT2D eigenvalue weighted by Crippen LogP contribution is 2.35. The molecule has 0 aliphatic heterocycles. The van der Waals surface area contributed by atoms with Crippen LogP contribution in [0.5, 0.6) is 5.75 Å². The first-order valence-electron chi connectivity index (χ1n) is 5.89. The molecular formula is C13H15Br2N3O. The number of ether oxygens (including phenoxy) is 1. The number of nitrogens with zero attached hydrogens (tertiary/aromatic N) is 2. The second-order valence-corrected chi connectivity index (χ2v) is 5.79. The molecule has 0 aliphatic carbocycles. The van der Waals surface area contributed by atoms with Gasteiger partial charge >= 0.3 is 0 Å². The number of aryl methyl sites for hydroxylation is 2. The molecule has 0 amide bonds. The number of methoxy groups -OCH3 is 1. The summed E-state index contributed by atoms with van der Waals surface area (Å²) < 4.78 is 9.22. The van der Waals surface area contributed by atoms with Gasteiger partial charge in [0.05, 0.1) is 23.0 Å². The van der Waals surface area contributed by atoms with E-state index in [-0.39, 0.29) is 0 Å². The molecule has 0 radical (unpaired) electrons. The van der Waals surface area contributed by atoms with Crippen LogP contribution in [0.25, 0.3) is 0 Å². The Labute approximate surface area is 129 Å². The van der Waals surface area contributed by atoms with Crippen LogP contribution in [0, 0.1) is 6.92 Å². The lowest BCUT2D eigenvalue weighted by Crippen LogP contribution is -2.02. The number of aromatic nitrogens is 2. The van der Waals surface area contributed by atoms with Gasteiger partial charge in [-0.05, 0) is 51.8 Å². The monoisotopic (exact) mass is 387 g/mol. The average Bonchev–Trinajstić information content (AvgIpc) is 2.73. The first-order valence-corrected chi connectivity index (χ1v) is 7.47. The highest BCUT2D eigenvalue weighted by atomic mass is 79.9. The number of halogens is 2. The van der Waals surface area contributed by atoms with E-state index in [1.807, 2.05) is 25.3 Å².